The second-order valence-electron chi connectivity index (χ2n) is 10.1. The van der Waals surface area contributed by atoms with Crippen LogP contribution in [-0.2, 0) is 17.6 Å². The number of hydrogen-bond donors (Lipinski definition) is 2. The molecule has 1 fully saturated rings. The lowest BCUT2D eigenvalue weighted by atomic mass is 9.91. The molecule has 3 amide bonds. The Bertz CT molecular complexity index is 1260. The van der Waals surface area contributed by atoms with Crippen LogP contribution in [0.5, 0.6) is 0 Å². The number of halogens is 2. The molecule has 216 valence electrons. The van der Waals surface area contributed by atoms with Crippen LogP contribution in [0.25, 0.3) is 0 Å². The fourth-order valence-electron chi connectivity index (χ4n) is 5.67. The van der Waals surface area contributed by atoms with E-state index >= 15 is 0 Å². The highest BCUT2D eigenvalue weighted by atomic mass is 19.1. The molecule has 4 rings (SSSR count). The first-order chi connectivity index (χ1) is 19.2. The summed E-state index contributed by atoms with van der Waals surface area (Å²) in [6.45, 7) is 6.66. The van der Waals surface area contributed by atoms with Crippen molar-refractivity contribution in [1.82, 2.24) is 19.8 Å². The van der Waals surface area contributed by atoms with Crippen LogP contribution in [0.15, 0.2) is 47.5 Å². The molecular formula is C29H38F2N6O3. The van der Waals surface area contributed by atoms with Crippen molar-refractivity contribution >= 4 is 23.5 Å². The summed E-state index contributed by atoms with van der Waals surface area (Å²) in [4.78, 5) is 36.0. The summed E-state index contributed by atoms with van der Waals surface area (Å²) in [5.41, 5.74) is 6.43. The van der Waals surface area contributed by atoms with Gasteiger partial charge in [-0.3, -0.25) is 19.6 Å². The Hall–Kier alpha value is -3.57. The van der Waals surface area contributed by atoms with Gasteiger partial charge in [-0.25, -0.2) is 23.6 Å². The predicted octanol–water partition coefficient (Wildman–Crippen LogP) is 3.42. The van der Waals surface area contributed by atoms with Gasteiger partial charge in [0, 0.05) is 44.4 Å². The zero-order chi connectivity index (χ0) is 29.0. The molecule has 3 N–H and O–H groups in total. The summed E-state index contributed by atoms with van der Waals surface area (Å²) in [5, 5.41) is 13.4. The number of aliphatic imine (C=N–C) groups is 1. The van der Waals surface area contributed by atoms with Gasteiger partial charge >= 0.3 is 6.03 Å². The Morgan fingerprint density at radius 3 is 2.40 bits per heavy atom. The maximum absolute atomic E-state index is 14.8. The zero-order valence-corrected chi connectivity index (χ0v) is 23.3. The topological polar surface area (TPSA) is 106 Å². The highest BCUT2D eigenvalue weighted by Crippen LogP contribution is 2.42. The molecule has 40 heavy (non-hydrogen) atoms. The van der Waals surface area contributed by atoms with E-state index in [-0.39, 0.29) is 37.6 Å². The smallest absolute Gasteiger partial charge is 0.328 e. The summed E-state index contributed by atoms with van der Waals surface area (Å²) in [7, 11) is 0. The highest BCUT2D eigenvalue weighted by molar-refractivity contribution is 6.05. The SMILES string of the molecule is CCCN1C(=O)C2N(N(CC)CCO)C(Cc3ccc(F)cc3F)=NC2(CC)N(CCc2ccc(N)cc2)C1=O. The average molecular weight is 557 g/mol. The molecule has 0 aliphatic carbocycles. The second-order valence-corrected chi connectivity index (χ2v) is 10.1. The number of carbonyl (C=O) groups excluding carboxylic acids is 2. The van der Waals surface area contributed by atoms with Crippen molar-refractivity contribution < 1.29 is 23.5 Å². The van der Waals surface area contributed by atoms with Crippen LogP contribution in [0.1, 0.15) is 44.7 Å². The van der Waals surface area contributed by atoms with Gasteiger partial charge in [-0.2, -0.15) is 0 Å². The number of imide groups is 1. The number of carbonyl (C=O) groups is 2. The van der Waals surface area contributed by atoms with Gasteiger partial charge in [0.2, 0.25) is 0 Å². The number of rotatable bonds is 12. The lowest BCUT2D eigenvalue weighted by molar-refractivity contribution is -0.151. The number of nitrogens with zero attached hydrogens (tertiary/aromatic N) is 5. The fraction of sp³-hybridized carbons (Fsp3) is 0.483. The molecule has 2 heterocycles. The van der Waals surface area contributed by atoms with Gasteiger partial charge in [0.15, 0.2) is 11.7 Å². The maximum atomic E-state index is 14.8. The first-order valence-corrected chi connectivity index (χ1v) is 13.9. The summed E-state index contributed by atoms with van der Waals surface area (Å²) < 4.78 is 28.5. The lowest BCUT2D eigenvalue weighted by Gasteiger charge is -2.51. The van der Waals surface area contributed by atoms with E-state index in [0.717, 1.165) is 11.6 Å². The van der Waals surface area contributed by atoms with Crippen molar-refractivity contribution in [3.05, 3.63) is 65.2 Å². The van der Waals surface area contributed by atoms with Gasteiger partial charge < -0.3 is 10.8 Å². The van der Waals surface area contributed by atoms with Crippen molar-refractivity contribution in [3.8, 4) is 0 Å². The number of nitrogen functional groups attached to an aromatic ring is 1. The van der Waals surface area contributed by atoms with Gasteiger partial charge in [0.1, 0.15) is 17.5 Å². The van der Waals surface area contributed by atoms with E-state index in [1.807, 2.05) is 32.9 Å². The van der Waals surface area contributed by atoms with Crippen molar-refractivity contribution in [2.75, 3.05) is 38.5 Å². The Morgan fingerprint density at radius 2 is 1.80 bits per heavy atom. The van der Waals surface area contributed by atoms with Crippen molar-refractivity contribution in [3.63, 3.8) is 0 Å². The zero-order valence-electron chi connectivity index (χ0n) is 23.3. The number of nitrogens with two attached hydrogens (primary N) is 1. The van der Waals surface area contributed by atoms with Crippen molar-refractivity contribution in [1.29, 1.82) is 0 Å². The number of fused-ring (bicyclic) bond motifs is 1. The predicted molar refractivity (Wildman–Crippen MR) is 149 cm³/mol. The first-order valence-electron chi connectivity index (χ1n) is 13.9. The van der Waals surface area contributed by atoms with Crippen LogP contribution in [0, 0.1) is 11.6 Å². The summed E-state index contributed by atoms with van der Waals surface area (Å²) in [6, 6.07) is 9.46. The summed E-state index contributed by atoms with van der Waals surface area (Å²) in [6.07, 6.45) is 1.41. The molecule has 2 aromatic rings. The number of amides is 3. The molecule has 2 unspecified atom stereocenters. The number of likely N-dealkylation sites (N-methyl/N-ethyl adjacent to an activating group) is 1. The number of amidine groups is 1. The number of aliphatic hydroxyl groups is 1. The van der Waals surface area contributed by atoms with E-state index in [0.29, 0.717) is 43.9 Å². The molecule has 0 radical (unpaired) electrons. The summed E-state index contributed by atoms with van der Waals surface area (Å²) in [5.74, 6) is -1.41. The van der Waals surface area contributed by atoms with E-state index in [1.54, 1.807) is 27.1 Å². The molecule has 0 saturated carbocycles. The third-order valence-electron chi connectivity index (χ3n) is 7.66. The van der Waals surface area contributed by atoms with Gasteiger partial charge in [-0.1, -0.05) is 39.0 Å². The maximum Gasteiger partial charge on any atom is 0.328 e. The number of hydrogen-bond acceptors (Lipinski definition) is 7. The quantitative estimate of drug-likeness (QED) is 0.388. The fourth-order valence-corrected chi connectivity index (χ4v) is 5.67. The molecule has 0 aromatic heterocycles. The molecule has 0 bridgehead atoms. The number of aliphatic hydroxyl groups excluding tert-OH is 1. The molecular weight excluding hydrogens is 518 g/mol. The second kappa shape index (κ2) is 12.3. The van der Waals surface area contributed by atoms with Crippen LogP contribution in [-0.4, -0.2) is 87.2 Å². The largest absolute Gasteiger partial charge is 0.399 e. The normalized spacial score (nSPS) is 20.9. The number of hydrazine groups is 1. The van der Waals surface area contributed by atoms with E-state index in [9.17, 15) is 23.5 Å². The van der Waals surface area contributed by atoms with Crippen LogP contribution in [0.2, 0.25) is 0 Å². The van der Waals surface area contributed by atoms with E-state index in [4.69, 9.17) is 10.7 Å². The molecule has 11 heteroatoms. The highest BCUT2D eigenvalue weighted by Gasteiger charge is 2.62. The molecule has 1 saturated heterocycles. The molecule has 9 nitrogen and oxygen atoms in total. The number of urea groups is 1. The first kappa shape index (κ1) is 29.4. The van der Waals surface area contributed by atoms with Gasteiger partial charge in [-0.05, 0) is 48.6 Å². The number of benzene rings is 2. The Balaban J connectivity index is 1.83. The van der Waals surface area contributed by atoms with Gasteiger partial charge in [-0.15, -0.1) is 0 Å². The van der Waals surface area contributed by atoms with Crippen LogP contribution < -0.4 is 5.73 Å². The Kier molecular flexibility index (Phi) is 9.05. The number of anilines is 1. The molecule has 2 aliphatic heterocycles. The lowest BCUT2D eigenvalue weighted by Crippen LogP contribution is -2.74. The van der Waals surface area contributed by atoms with Crippen LogP contribution >= 0.6 is 0 Å². The van der Waals surface area contributed by atoms with E-state index in [1.165, 1.54) is 17.0 Å². The minimum atomic E-state index is -1.25. The van der Waals surface area contributed by atoms with Crippen LogP contribution in [0.3, 0.4) is 0 Å². The minimum Gasteiger partial charge on any atom is -0.399 e. The van der Waals surface area contributed by atoms with E-state index < -0.39 is 29.4 Å². The molecule has 2 atom stereocenters. The standard InChI is InChI=1S/C29H38F2N6O3/c1-4-14-35-27(39)26-29(5-2,36(28(35)40)15-13-20-7-11-23(32)12-8-20)33-25(37(26)34(6-3)16-17-38)18-21-9-10-22(30)19-24(21)31/h7-12,19,26,38H,4-6,13-18,32H2,1-3H3. The van der Waals surface area contributed by atoms with Crippen LogP contribution in [0.4, 0.5) is 19.3 Å². The van der Waals surface area contributed by atoms with Crippen molar-refractivity contribution in [2.45, 2.75) is 58.2 Å². The average Bonchev–Trinajstić information content (AvgIpc) is 3.27. The van der Waals surface area contributed by atoms with E-state index in [2.05, 4.69) is 0 Å². The Labute approximate surface area is 233 Å². The minimum absolute atomic E-state index is 0.0205. The molecule has 0 spiro atoms. The third-order valence-corrected chi connectivity index (χ3v) is 7.66. The molecule has 2 aromatic carbocycles. The third kappa shape index (κ3) is 5.40. The van der Waals surface area contributed by atoms with Gasteiger partial charge in [0.05, 0.1) is 6.61 Å². The monoisotopic (exact) mass is 556 g/mol. The van der Waals surface area contributed by atoms with Crippen molar-refractivity contribution in [2.24, 2.45) is 4.99 Å². The summed E-state index contributed by atoms with van der Waals surface area (Å²) >= 11 is 0. The Morgan fingerprint density at radius 1 is 1.07 bits per heavy atom. The van der Waals surface area contributed by atoms with Gasteiger partial charge in [0.25, 0.3) is 5.91 Å². The molecule has 2 aliphatic rings.